The normalized spacial score (nSPS) is 17.6. The van der Waals surface area contributed by atoms with Crippen LogP contribution in [0, 0.1) is 0 Å². The van der Waals surface area contributed by atoms with Gasteiger partial charge in [-0.25, -0.2) is 9.78 Å². The van der Waals surface area contributed by atoms with Crippen LogP contribution in [0.1, 0.15) is 79.9 Å². The third kappa shape index (κ3) is 2.92. The number of hydrogen-bond acceptors (Lipinski definition) is 3. The fourth-order valence-corrected chi connectivity index (χ4v) is 2.64. The number of rotatable bonds is 4. The number of carboxylic acid groups (broad SMARTS) is 1. The van der Waals surface area contributed by atoms with Crippen molar-refractivity contribution in [1.82, 2.24) is 4.98 Å². The average Bonchev–Trinajstić information content (AvgIpc) is 2.59. The minimum Gasteiger partial charge on any atom is -0.475 e. The standard InChI is InChI=1S/C14H21NO3/c1-2-7-11-12(14(16)17)18-13(15-11)10-8-5-3-4-6-9-10/h10H,2-9H2,1H3,(H,16,17). The highest BCUT2D eigenvalue weighted by Gasteiger charge is 2.24. The molecule has 1 saturated carbocycles. The van der Waals surface area contributed by atoms with Crippen LogP contribution in [-0.2, 0) is 6.42 Å². The molecule has 0 bridgehead atoms. The summed E-state index contributed by atoms with van der Waals surface area (Å²) in [7, 11) is 0. The summed E-state index contributed by atoms with van der Waals surface area (Å²) in [5.74, 6) is 0.0240. The van der Waals surface area contributed by atoms with E-state index in [-0.39, 0.29) is 5.76 Å². The third-order valence-corrected chi connectivity index (χ3v) is 3.60. The molecule has 0 unspecified atom stereocenters. The molecule has 100 valence electrons. The van der Waals surface area contributed by atoms with Gasteiger partial charge in [-0.15, -0.1) is 0 Å². The molecular formula is C14H21NO3. The van der Waals surface area contributed by atoms with E-state index in [4.69, 9.17) is 9.52 Å². The second-order valence-electron chi connectivity index (χ2n) is 5.07. The number of nitrogens with zero attached hydrogens (tertiary/aromatic N) is 1. The summed E-state index contributed by atoms with van der Waals surface area (Å²) in [4.78, 5) is 15.6. The number of aryl methyl sites for hydroxylation is 1. The summed E-state index contributed by atoms with van der Waals surface area (Å²) in [6.45, 7) is 2.02. The molecule has 1 aliphatic carbocycles. The van der Waals surface area contributed by atoms with Crippen molar-refractivity contribution in [3.8, 4) is 0 Å². The van der Waals surface area contributed by atoms with Crippen LogP contribution >= 0.6 is 0 Å². The highest BCUT2D eigenvalue weighted by Crippen LogP contribution is 2.32. The first-order valence-corrected chi connectivity index (χ1v) is 6.95. The molecule has 4 heteroatoms. The smallest absolute Gasteiger partial charge is 0.373 e. The molecule has 1 aromatic heterocycles. The molecule has 0 amide bonds. The fraction of sp³-hybridized carbons (Fsp3) is 0.714. The summed E-state index contributed by atoms with van der Waals surface area (Å²) in [6, 6.07) is 0. The van der Waals surface area contributed by atoms with E-state index in [1.54, 1.807) is 0 Å². The summed E-state index contributed by atoms with van der Waals surface area (Å²) >= 11 is 0. The predicted octanol–water partition coefficient (Wildman–Crippen LogP) is 3.76. The fourth-order valence-electron chi connectivity index (χ4n) is 2.64. The minimum absolute atomic E-state index is 0.0519. The monoisotopic (exact) mass is 251 g/mol. The van der Waals surface area contributed by atoms with Crippen molar-refractivity contribution in [1.29, 1.82) is 0 Å². The van der Waals surface area contributed by atoms with Gasteiger partial charge in [0.25, 0.3) is 0 Å². The van der Waals surface area contributed by atoms with Gasteiger partial charge in [0, 0.05) is 5.92 Å². The van der Waals surface area contributed by atoms with Crippen molar-refractivity contribution < 1.29 is 14.3 Å². The third-order valence-electron chi connectivity index (χ3n) is 3.60. The second-order valence-corrected chi connectivity index (χ2v) is 5.07. The molecule has 4 nitrogen and oxygen atoms in total. The molecule has 18 heavy (non-hydrogen) atoms. The highest BCUT2D eigenvalue weighted by atomic mass is 16.4. The molecule has 1 aromatic rings. The Morgan fingerprint density at radius 2 is 2.00 bits per heavy atom. The Kier molecular flexibility index (Phi) is 4.39. The molecule has 1 aliphatic rings. The Bertz CT molecular complexity index is 403. The molecule has 0 saturated heterocycles. The van der Waals surface area contributed by atoms with Gasteiger partial charge in [-0.1, -0.05) is 39.0 Å². The molecule has 2 rings (SSSR count). The van der Waals surface area contributed by atoms with Crippen molar-refractivity contribution in [3.05, 3.63) is 17.3 Å². The quantitative estimate of drug-likeness (QED) is 0.827. The summed E-state index contributed by atoms with van der Waals surface area (Å²) in [5, 5.41) is 9.13. The Labute approximate surface area is 107 Å². The Balaban J connectivity index is 2.21. The molecule has 1 heterocycles. The van der Waals surface area contributed by atoms with Gasteiger partial charge in [0.15, 0.2) is 5.89 Å². The van der Waals surface area contributed by atoms with Gasteiger partial charge >= 0.3 is 5.97 Å². The molecule has 0 radical (unpaired) electrons. The first-order chi connectivity index (χ1) is 8.72. The maximum Gasteiger partial charge on any atom is 0.373 e. The lowest BCUT2D eigenvalue weighted by molar-refractivity contribution is 0.0657. The highest BCUT2D eigenvalue weighted by molar-refractivity contribution is 5.85. The SMILES string of the molecule is CCCc1nc(C2CCCCCC2)oc1C(=O)O. The van der Waals surface area contributed by atoms with E-state index in [9.17, 15) is 4.79 Å². The molecule has 0 spiro atoms. The van der Waals surface area contributed by atoms with Gasteiger partial charge in [0.1, 0.15) is 0 Å². The largest absolute Gasteiger partial charge is 0.475 e. The van der Waals surface area contributed by atoms with Crippen LogP contribution in [0.4, 0.5) is 0 Å². The van der Waals surface area contributed by atoms with E-state index in [0.29, 0.717) is 23.9 Å². The number of carboxylic acids is 1. The van der Waals surface area contributed by atoms with E-state index in [2.05, 4.69) is 4.98 Å². The maximum atomic E-state index is 11.1. The van der Waals surface area contributed by atoms with Crippen LogP contribution in [0.15, 0.2) is 4.42 Å². The topological polar surface area (TPSA) is 63.3 Å². The van der Waals surface area contributed by atoms with Crippen molar-refractivity contribution in [2.45, 2.75) is 64.2 Å². The van der Waals surface area contributed by atoms with E-state index in [1.165, 1.54) is 25.7 Å². The Hall–Kier alpha value is -1.32. The van der Waals surface area contributed by atoms with Crippen molar-refractivity contribution in [3.63, 3.8) is 0 Å². The van der Waals surface area contributed by atoms with Crippen molar-refractivity contribution >= 4 is 5.97 Å². The zero-order valence-corrected chi connectivity index (χ0v) is 10.9. The number of aromatic carboxylic acids is 1. The summed E-state index contributed by atoms with van der Waals surface area (Å²) in [6.07, 6.45) is 8.64. The van der Waals surface area contributed by atoms with E-state index in [0.717, 1.165) is 19.3 Å². The van der Waals surface area contributed by atoms with Crippen LogP contribution in [0.3, 0.4) is 0 Å². The summed E-state index contributed by atoms with van der Waals surface area (Å²) in [5.41, 5.74) is 0.615. The minimum atomic E-state index is -0.995. The lowest BCUT2D eigenvalue weighted by Crippen LogP contribution is -1.99. The molecule has 0 aliphatic heterocycles. The van der Waals surface area contributed by atoms with Crippen molar-refractivity contribution in [2.24, 2.45) is 0 Å². The van der Waals surface area contributed by atoms with Gasteiger partial charge in [-0.3, -0.25) is 0 Å². The maximum absolute atomic E-state index is 11.1. The van der Waals surface area contributed by atoms with Crippen molar-refractivity contribution in [2.75, 3.05) is 0 Å². The number of hydrogen-bond donors (Lipinski definition) is 1. The first-order valence-electron chi connectivity index (χ1n) is 6.95. The predicted molar refractivity (Wildman–Crippen MR) is 67.9 cm³/mol. The second kappa shape index (κ2) is 6.03. The Morgan fingerprint density at radius 1 is 1.33 bits per heavy atom. The van der Waals surface area contributed by atoms with Crippen LogP contribution in [-0.4, -0.2) is 16.1 Å². The molecule has 1 N–H and O–H groups in total. The zero-order chi connectivity index (χ0) is 13.0. The molecule has 0 atom stereocenters. The van der Waals surface area contributed by atoms with Gasteiger partial charge < -0.3 is 9.52 Å². The van der Waals surface area contributed by atoms with Gasteiger partial charge in [-0.2, -0.15) is 0 Å². The van der Waals surface area contributed by atoms with Crippen LogP contribution in [0.2, 0.25) is 0 Å². The van der Waals surface area contributed by atoms with Gasteiger partial charge in [-0.05, 0) is 19.3 Å². The molecule has 0 aromatic carbocycles. The van der Waals surface area contributed by atoms with Crippen LogP contribution in [0.5, 0.6) is 0 Å². The average molecular weight is 251 g/mol. The summed E-state index contributed by atoms with van der Waals surface area (Å²) < 4.78 is 5.51. The first kappa shape index (κ1) is 13.1. The van der Waals surface area contributed by atoms with E-state index >= 15 is 0 Å². The number of aromatic nitrogens is 1. The lowest BCUT2D eigenvalue weighted by Gasteiger charge is -2.08. The lowest BCUT2D eigenvalue weighted by atomic mass is 10.0. The van der Waals surface area contributed by atoms with Crippen LogP contribution < -0.4 is 0 Å². The molecule has 1 fully saturated rings. The van der Waals surface area contributed by atoms with Gasteiger partial charge in [0.05, 0.1) is 5.69 Å². The Morgan fingerprint density at radius 3 is 2.56 bits per heavy atom. The zero-order valence-electron chi connectivity index (χ0n) is 10.9. The van der Waals surface area contributed by atoms with E-state index < -0.39 is 5.97 Å². The number of carbonyl (C=O) groups is 1. The molecular weight excluding hydrogens is 230 g/mol. The van der Waals surface area contributed by atoms with Gasteiger partial charge in [0.2, 0.25) is 5.76 Å². The van der Waals surface area contributed by atoms with Crippen LogP contribution in [0.25, 0.3) is 0 Å². The number of oxazole rings is 1. The van der Waals surface area contributed by atoms with E-state index in [1.807, 2.05) is 6.92 Å².